The summed E-state index contributed by atoms with van der Waals surface area (Å²) < 4.78 is 5.02. The molecule has 1 heterocycles. The lowest BCUT2D eigenvalue weighted by Crippen LogP contribution is -2.30. The smallest absolute Gasteiger partial charge is 0.0935 e. The predicted molar refractivity (Wildman–Crippen MR) is 55.1 cm³/mol. The van der Waals surface area contributed by atoms with Crippen LogP contribution in [0.15, 0.2) is 23.0 Å². The lowest BCUT2D eigenvalue weighted by Gasteiger charge is -2.25. The van der Waals surface area contributed by atoms with Crippen LogP contribution in [0.5, 0.6) is 0 Å². The topological polar surface area (TPSA) is 33.4 Å². The van der Waals surface area contributed by atoms with Gasteiger partial charge in [0.1, 0.15) is 0 Å². The molecule has 2 heteroatoms. The van der Waals surface area contributed by atoms with Crippen molar-refractivity contribution in [3.05, 3.63) is 24.2 Å². The van der Waals surface area contributed by atoms with Gasteiger partial charge in [-0.1, -0.05) is 25.7 Å². The summed E-state index contributed by atoms with van der Waals surface area (Å²) in [6, 6.07) is 1.95. The molecule has 0 atom stereocenters. The summed E-state index contributed by atoms with van der Waals surface area (Å²) in [5.41, 5.74) is 0.648. The molecule has 2 nitrogen and oxygen atoms in total. The summed E-state index contributed by atoms with van der Waals surface area (Å²) in [5, 5.41) is 10.4. The first-order chi connectivity index (χ1) is 6.79. The van der Waals surface area contributed by atoms with Gasteiger partial charge >= 0.3 is 0 Å². The van der Waals surface area contributed by atoms with Crippen LogP contribution in [-0.2, 0) is 6.42 Å². The van der Waals surface area contributed by atoms with Gasteiger partial charge in [0.05, 0.1) is 18.1 Å². The van der Waals surface area contributed by atoms with Gasteiger partial charge in [-0.05, 0) is 24.5 Å². The van der Waals surface area contributed by atoms with Gasteiger partial charge in [0.25, 0.3) is 0 Å². The van der Waals surface area contributed by atoms with Gasteiger partial charge in [0, 0.05) is 6.42 Å². The highest BCUT2D eigenvalue weighted by Gasteiger charge is 2.28. The van der Waals surface area contributed by atoms with E-state index in [0.717, 1.165) is 37.7 Å². The molecule has 1 N–H and O–H groups in total. The van der Waals surface area contributed by atoms with Crippen molar-refractivity contribution in [1.82, 2.24) is 0 Å². The van der Waals surface area contributed by atoms with E-state index >= 15 is 0 Å². The summed E-state index contributed by atoms with van der Waals surface area (Å²) in [6.45, 7) is 0. The van der Waals surface area contributed by atoms with Crippen molar-refractivity contribution in [3.63, 3.8) is 0 Å². The minimum Gasteiger partial charge on any atom is -0.472 e. The zero-order valence-corrected chi connectivity index (χ0v) is 8.54. The molecule has 14 heavy (non-hydrogen) atoms. The van der Waals surface area contributed by atoms with E-state index < -0.39 is 5.60 Å². The highest BCUT2D eigenvalue weighted by atomic mass is 16.3. The Morgan fingerprint density at radius 1 is 1.21 bits per heavy atom. The number of hydrogen-bond donors (Lipinski definition) is 1. The molecule has 1 saturated carbocycles. The molecular formula is C12H18O2. The van der Waals surface area contributed by atoms with Crippen molar-refractivity contribution in [2.24, 2.45) is 0 Å². The zero-order chi connectivity index (χ0) is 9.86. The van der Waals surface area contributed by atoms with Crippen LogP contribution in [0.4, 0.5) is 0 Å². The maximum absolute atomic E-state index is 10.4. The van der Waals surface area contributed by atoms with Crippen LogP contribution in [-0.4, -0.2) is 10.7 Å². The standard InChI is InChI=1S/C12H18O2/c13-12(6-3-1-2-4-7-12)9-11-5-8-14-10-11/h5,8,10,13H,1-4,6-7,9H2. The van der Waals surface area contributed by atoms with E-state index in [2.05, 4.69) is 0 Å². The molecule has 0 saturated heterocycles. The Labute approximate surface area is 84.9 Å². The summed E-state index contributed by atoms with van der Waals surface area (Å²) in [6.07, 6.45) is 10.9. The number of hydrogen-bond acceptors (Lipinski definition) is 2. The first-order valence-corrected chi connectivity index (χ1v) is 5.52. The zero-order valence-electron chi connectivity index (χ0n) is 8.54. The third kappa shape index (κ3) is 2.38. The summed E-state index contributed by atoms with van der Waals surface area (Å²) in [4.78, 5) is 0. The van der Waals surface area contributed by atoms with Crippen molar-refractivity contribution in [1.29, 1.82) is 0 Å². The lowest BCUT2D eigenvalue weighted by molar-refractivity contribution is 0.0251. The van der Waals surface area contributed by atoms with Crippen molar-refractivity contribution >= 4 is 0 Å². The summed E-state index contributed by atoms with van der Waals surface area (Å²) in [5.74, 6) is 0. The van der Waals surface area contributed by atoms with Gasteiger partial charge in [-0.2, -0.15) is 0 Å². The second-order valence-electron chi connectivity index (χ2n) is 4.45. The van der Waals surface area contributed by atoms with Gasteiger partial charge in [0.2, 0.25) is 0 Å². The van der Waals surface area contributed by atoms with Gasteiger partial charge in [0.15, 0.2) is 0 Å². The Hall–Kier alpha value is -0.760. The Balaban J connectivity index is 1.99. The first kappa shape index (κ1) is 9.78. The van der Waals surface area contributed by atoms with Gasteiger partial charge in [-0.15, -0.1) is 0 Å². The Morgan fingerprint density at radius 3 is 2.50 bits per heavy atom. The lowest BCUT2D eigenvalue weighted by atomic mass is 9.88. The van der Waals surface area contributed by atoms with Crippen LogP contribution in [0.3, 0.4) is 0 Å². The Kier molecular flexibility index (Phi) is 2.92. The second kappa shape index (κ2) is 4.18. The Morgan fingerprint density at radius 2 is 1.93 bits per heavy atom. The largest absolute Gasteiger partial charge is 0.472 e. The summed E-state index contributed by atoms with van der Waals surface area (Å²) >= 11 is 0. The number of aliphatic hydroxyl groups is 1. The first-order valence-electron chi connectivity index (χ1n) is 5.52. The minimum atomic E-state index is -0.472. The molecule has 78 valence electrons. The van der Waals surface area contributed by atoms with Crippen LogP contribution in [0, 0.1) is 0 Å². The molecular weight excluding hydrogens is 176 g/mol. The monoisotopic (exact) mass is 194 g/mol. The SMILES string of the molecule is OC1(Cc2ccoc2)CCCCCC1. The third-order valence-electron chi connectivity index (χ3n) is 3.15. The van der Waals surface area contributed by atoms with Crippen LogP contribution >= 0.6 is 0 Å². The quantitative estimate of drug-likeness (QED) is 0.734. The average Bonchev–Trinajstić information content (AvgIpc) is 2.55. The molecule has 0 aliphatic heterocycles. The van der Waals surface area contributed by atoms with Crippen LogP contribution in [0.25, 0.3) is 0 Å². The van der Waals surface area contributed by atoms with Crippen molar-refractivity contribution in [2.45, 2.75) is 50.5 Å². The molecule has 0 spiro atoms. The molecule has 0 aromatic carbocycles. The van der Waals surface area contributed by atoms with Gasteiger partial charge in [-0.25, -0.2) is 0 Å². The fourth-order valence-electron chi connectivity index (χ4n) is 2.34. The van der Waals surface area contributed by atoms with Crippen molar-refractivity contribution in [3.8, 4) is 0 Å². The second-order valence-corrected chi connectivity index (χ2v) is 4.45. The predicted octanol–water partition coefficient (Wildman–Crippen LogP) is 2.91. The van der Waals surface area contributed by atoms with E-state index in [1.54, 1.807) is 12.5 Å². The number of furan rings is 1. The van der Waals surface area contributed by atoms with Crippen LogP contribution < -0.4 is 0 Å². The number of rotatable bonds is 2. The average molecular weight is 194 g/mol. The molecule has 1 aliphatic carbocycles. The molecule has 0 radical (unpaired) electrons. The molecule has 0 bridgehead atoms. The third-order valence-corrected chi connectivity index (χ3v) is 3.15. The minimum absolute atomic E-state index is 0.472. The van der Waals surface area contributed by atoms with E-state index in [-0.39, 0.29) is 0 Å². The van der Waals surface area contributed by atoms with Crippen LogP contribution in [0.2, 0.25) is 0 Å². The van der Waals surface area contributed by atoms with Gasteiger partial charge in [-0.3, -0.25) is 0 Å². The fraction of sp³-hybridized carbons (Fsp3) is 0.667. The van der Waals surface area contributed by atoms with Crippen LogP contribution in [0.1, 0.15) is 44.1 Å². The van der Waals surface area contributed by atoms with E-state index in [9.17, 15) is 5.11 Å². The molecule has 1 aromatic heterocycles. The molecule has 1 aromatic rings. The summed E-state index contributed by atoms with van der Waals surface area (Å²) in [7, 11) is 0. The maximum Gasteiger partial charge on any atom is 0.0935 e. The van der Waals surface area contributed by atoms with Crippen molar-refractivity contribution < 1.29 is 9.52 Å². The molecule has 1 aliphatic rings. The molecule has 0 amide bonds. The highest BCUT2D eigenvalue weighted by Crippen LogP contribution is 2.30. The van der Waals surface area contributed by atoms with Crippen molar-refractivity contribution in [2.75, 3.05) is 0 Å². The van der Waals surface area contributed by atoms with Gasteiger partial charge < -0.3 is 9.52 Å². The fourth-order valence-corrected chi connectivity index (χ4v) is 2.34. The molecule has 0 unspecified atom stereocenters. The van der Waals surface area contributed by atoms with E-state index in [0.29, 0.717) is 0 Å². The highest BCUT2D eigenvalue weighted by molar-refractivity contribution is 5.09. The molecule has 2 rings (SSSR count). The van der Waals surface area contributed by atoms with E-state index in [1.165, 1.54) is 12.8 Å². The maximum atomic E-state index is 10.4. The normalized spacial score (nSPS) is 21.8. The van der Waals surface area contributed by atoms with E-state index in [4.69, 9.17) is 4.42 Å². The Bertz CT molecular complexity index is 256. The van der Waals surface area contributed by atoms with E-state index in [1.807, 2.05) is 6.07 Å². The molecule has 1 fully saturated rings.